The van der Waals surface area contributed by atoms with Crippen LogP contribution in [0.15, 0.2) is 18.2 Å². The fourth-order valence-electron chi connectivity index (χ4n) is 1.45. The summed E-state index contributed by atoms with van der Waals surface area (Å²) in [5.74, 6) is 0. The summed E-state index contributed by atoms with van der Waals surface area (Å²) >= 11 is 6.01. The van der Waals surface area contributed by atoms with Crippen molar-refractivity contribution in [3.63, 3.8) is 0 Å². The molecule has 0 nitrogen and oxygen atoms in total. The van der Waals surface area contributed by atoms with Crippen LogP contribution in [0, 0.1) is 0 Å². The van der Waals surface area contributed by atoms with E-state index >= 15 is 0 Å². The Morgan fingerprint density at radius 1 is 1.08 bits per heavy atom. The zero-order valence-electron chi connectivity index (χ0n) is 8.44. The summed E-state index contributed by atoms with van der Waals surface area (Å²) in [6.45, 7) is 4.38. The number of rotatable bonds is 4. The Hall–Kier alpha value is -0.490. The zero-order chi connectivity index (χ0) is 9.68. The Balaban J connectivity index is 2.76. The second-order valence-corrected chi connectivity index (χ2v) is 3.86. The number of halogens is 1. The fourth-order valence-corrected chi connectivity index (χ4v) is 1.73. The van der Waals surface area contributed by atoms with E-state index in [0.717, 1.165) is 17.9 Å². The van der Waals surface area contributed by atoms with Gasteiger partial charge in [0.25, 0.3) is 0 Å². The van der Waals surface area contributed by atoms with Gasteiger partial charge >= 0.3 is 0 Å². The molecule has 13 heavy (non-hydrogen) atoms. The first-order valence-corrected chi connectivity index (χ1v) is 5.42. The van der Waals surface area contributed by atoms with Gasteiger partial charge in [-0.2, -0.15) is 0 Å². The maximum absolute atomic E-state index is 6.01. The molecule has 0 heterocycles. The third-order valence-corrected chi connectivity index (χ3v) is 2.46. The molecule has 72 valence electrons. The molecule has 0 radical (unpaired) electrons. The summed E-state index contributed by atoms with van der Waals surface area (Å²) < 4.78 is 0. The molecule has 0 N–H and O–H groups in total. The van der Waals surface area contributed by atoms with Crippen LogP contribution in [0.1, 0.15) is 37.8 Å². The van der Waals surface area contributed by atoms with Crippen LogP contribution in [0.5, 0.6) is 0 Å². The highest BCUT2D eigenvalue weighted by atomic mass is 35.5. The molecule has 0 saturated carbocycles. The molecular formula is C12H17Cl. The Kier molecular flexibility index (Phi) is 4.31. The quantitative estimate of drug-likeness (QED) is 0.676. The van der Waals surface area contributed by atoms with Crippen LogP contribution in [0.25, 0.3) is 0 Å². The van der Waals surface area contributed by atoms with Gasteiger partial charge in [0.15, 0.2) is 0 Å². The molecule has 0 aliphatic carbocycles. The molecule has 0 aliphatic rings. The standard InChI is InChI=1S/C12H17Cl/c1-3-5-6-11-7-10(4-2)8-12(13)9-11/h7-9H,3-6H2,1-2H3. The van der Waals surface area contributed by atoms with Gasteiger partial charge in [-0.05, 0) is 42.5 Å². The van der Waals surface area contributed by atoms with Gasteiger partial charge in [-0.3, -0.25) is 0 Å². The van der Waals surface area contributed by atoms with Crippen molar-refractivity contribution in [1.29, 1.82) is 0 Å². The van der Waals surface area contributed by atoms with E-state index in [-0.39, 0.29) is 0 Å². The predicted molar refractivity (Wildman–Crippen MR) is 59.4 cm³/mol. The number of benzene rings is 1. The van der Waals surface area contributed by atoms with Crippen molar-refractivity contribution < 1.29 is 0 Å². The van der Waals surface area contributed by atoms with E-state index in [9.17, 15) is 0 Å². The van der Waals surface area contributed by atoms with Crippen molar-refractivity contribution in [2.45, 2.75) is 39.5 Å². The lowest BCUT2D eigenvalue weighted by Gasteiger charge is -2.04. The molecule has 0 amide bonds. The van der Waals surface area contributed by atoms with Crippen LogP contribution in [0.2, 0.25) is 5.02 Å². The summed E-state index contributed by atoms with van der Waals surface area (Å²) in [4.78, 5) is 0. The van der Waals surface area contributed by atoms with Crippen molar-refractivity contribution in [2.75, 3.05) is 0 Å². The van der Waals surface area contributed by atoms with Crippen LogP contribution in [-0.2, 0) is 12.8 Å². The molecule has 0 saturated heterocycles. The van der Waals surface area contributed by atoms with Crippen LogP contribution in [0.4, 0.5) is 0 Å². The molecule has 1 rings (SSSR count). The van der Waals surface area contributed by atoms with E-state index < -0.39 is 0 Å². The van der Waals surface area contributed by atoms with Crippen molar-refractivity contribution in [2.24, 2.45) is 0 Å². The van der Waals surface area contributed by atoms with E-state index in [1.54, 1.807) is 0 Å². The molecule has 0 bridgehead atoms. The Bertz CT molecular complexity index is 266. The van der Waals surface area contributed by atoms with Crippen LogP contribution >= 0.6 is 11.6 Å². The smallest absolute Gasteiger partial charge is 0.0411 e. The molecule has 0 aromatic heterocycles. The third-order valence-electron chi connectivity index (χ3n) is 2.24. The largest absolute Gasteiger partial charge is 0.0843 e. The minimum atomic E-state index is 0.880. The summed E-state index contributed by atoms with van der Waals surface area (Å²) in [6.07, 6.45) is 4.72. The minimum absolute atomic E-state index is 0.880. The average molecular weight is 197 g/mol. The second-order valence-electron chi connectivity index (χ2n) is 3.42. The summed E-state index contributed by atoms with van der Waals surface area (Å²) in [5.41, 5.74) is 2.73. The first-order valence-electron chi connectivity index (χ1n) is 5.04. The van der Waals surface area contributed by atoms with E-state index in [1.807, 2.05) is 0 Å². The van der Waals surface area contributed by atoms with Crippen LogP contribution in [-0.4, -0.2) is 0 Å². The molecule has 0 fully saturated rings. The normalized spacial score (nSPS) is 10.4. The molecule has 0 aliphatic heterocycles. The predicted octanol–water partition coefficient (Wildman–Crippen LogP) is 4.25. The number of aryl methyl sites for hydroxylation is 2. The number of hydrogen-bond donors (Lipinski definition) is 0. The van der Waals surface area contributed by atoms with E-state index in [1.165, 1.54) is 24.0 Å². The van der Waals surface area contributed by atoms with E-state index in [2.05, 4.69) is 32.0 Å². The maximum Gasteiger partial charge on any atom is 0.0411 e. The van der Waals surface area contributed by atoms with Crippen LogP contribution in [0.3, 0.4) is 0 Å². The highest BCUT2D eigenvalue weighted by molar-refractivity contribution is 6.30. The molecule has 1 heteroatoms. The topological polar surface area (TPSA) is 0 Å². The summed E-state index contributed by atoms with van der Waals surface area (Å²) in [7, 11) is 0. The summed E-state index contributed by atoms with van der Waals surface area (Å²) in [6, 6.07) is 6.40. The maximum atomic E-state index is 6.01. The monoisotopic (exact) mass is 196 g/mol. The van der Waals surface area contributed by atoms with Crippen molar-refractivity contribution in [1.82, 2.24) is 0 Å². The number of unbranched alkanes of at least 4 members (excludes halogenated alkanes) is 1. The molecule has 1 aromatic carbocycles. The molecule has 1 aromatic rings. The van der Waals surface area contributed by atoms with E-state index in [0.29, 0.717) is 0 Å². The average Bonchev–Trinajstić information content (AvgIpc) is 2.14. The highest BCUT2D eigenvalue weighted by Crippen LogP contribution is 2.17. The van der Waals surface area contributed by atoms with Gasteiger partial charge in [0.1, 0.15) is 0 Å². The lowest BCUT2D eigenvalue weighted by molar-refractivity contribution is 0.794. The Morgan fingerprint density at radius 3 is 2.38 bits per heavy atom. The Morgan fingerprint density at radius 2 is 1.77 bits per heavy atom. The Labute approximate surface area is 85.9 Å². The van der Waals surface area contributed by atoms with E-state index in [4.69, 9.17) is 11.6 Å². The van der Waals surface area contributed by atoms with Crippen molar-refractivity contribution >= 4 is 11.6 Å². The fraction of sp³-hybridized carbons (Fsp3) is 0.500. The van der Waals surface area contributed by atoms with Crippen molar-refractivity contribution in [3.8, 4) is 0 Å². The van der Waals surface area contributed by atoms with Gasteiger partial charge < -0.3 is 0 Å². The van der Waals surface area contributed by atoms with Gasteiger partial charge in [-0.25, -0.2) is 0 Å². The van der Waals surface area contributed by atoms with Gasteiger partial charge in [-0.1, -0.05) is 37.9 Å². The highest BCUT2D eigenvalue weighted by Gasteiger charge is 1.97. The number of hydrogen-bond acceptors (Lipinski definition) is 0. The second kappa shape index (κ2) is 5.29. The zero-order valence-corrected chi connectivity index (χ0v) is 9.19. The van der Waals surface area contributed by atoms with Gasteiger partial charge in [0, 0.05) is 5.02 Å². The molecule has 0 unspecified atom stereocenters. The lowest BCUT2D eigenvalue weighted by atomic mass is 10.0. The van der Waals surface area contributed by atoms with Gasteiger partial charge in [0.05, 0.1) is 0 Å². The molecule has 0 spiro atoms. The van der Waals surface area contributed by atoms with Gasteiger partial charge in [0.2, 0.25) is 0 Å². The molecule has 0 atom stereocenters. The SMILES string of the molecule is CCCCc1cc(Cl)cc(CC)c1. The first kappa shape index (κ1) is 10.6. The molecular weight excluding hydrogens is 180 g/mol. The van der Waals surface area contributed by atoms with Crippen LogP contribution < -0.4 is 0 Å². The minimum Gasteiger partial charge on any atom is -0.0843 e. The third kappa shape index (κ3) is 3.40. The first-order chi connectivity index (χ1) is 6.26. The van der Waals surface area contributed by atoms with Crippen molar-refractivity contribution in [3.05, 3.63) is 34.3 Å². The lowest BCUT2D eigenvalue weighted by Crippen LogP contribution is -1.88. The summed E-state index contributed by atoms with van der Waals surface area (Å²) in [5, 5.41) is 0.880. The van der Waals surface area contributed by atoms with Gasteiger partial charge in [-0.15, -0.1) is 0 Å².